The SMILES string of the molecule is Cc1nc2cc(Br)c(Cl)c(Cl)c2o1. The molecule has 0 aliphatic rings. The quantitative estimate of drug-likeness (QED) is 0.676. The zero-order chi connectivity index (χ0) is 9.59. The van der Waals surface area contributed by atoms with E-state index >= 15 is 0 Å². The summed E-state index contributed by atoms with van der Waals surface area (Å²) in [6.07, 6.45) is 0. The van der Waals surface area contributed by atoms with Crippen molar-refractivity contribution in [1.82, 2.24) is 4.98 Å². The van der Waals surface area contributed by atoms with Crippen LogP contribution >= 0.6 is 39.1 Å². The highest BCUT2D eigenvalue weighted by Crippen LogP contribution is 2.36. The number of fused-ring (bicyclic) bond motifs is 1. The first-order chi connectivity index (χ1) is 6.09. The molecule has 0 N–H and O–H groups in total. The summed E-state index contributed by atoms with van der Waals surface area (Å²) in [5, 5.41) is 0.844. The maximum absolute atomic E-state index is 5.95. The van der Waals surface area contributed by atoms with Crippen LogP contribution in [-0.4, -0.2) is 4.98 Å². The van der Waals surface area contributed by atoms with Crippen LogP contribution in [0.15, 0.2) is 15.0 Å². The third-order valence-electron chi connectivity index (χ3n) is 1.63. The van der Waals surface area contributed by atoms with E-state index < -0.39 is 0 Å². The molecule has 0 saturated heterocycles. The van der Waals surface area contributed by atoms with Gasteiger partial charge in [0.1, 0.15) is 10.5 Å². The van der Waals surface area contributed by atoms with E-state index in [2.05, 4.69) is 20.9 Å². The molecular formula is C8H4BrCl2NO. The first kappa shape index (κ1) is 9.31. The molecule has 5 heteroatoms. The highest BCUT2D eigenvalue weighted by atomic mass is 79.9. The highest BCUT2D eigenvalue weighted by molar-refractivity contribution is 9.10. The third-order valence-corrected chi connectivity index (χ3v) is 3.33. The van der Waals surface area contributed by atoms with Gasteiger partial charge in [0.2, 0.25) is 0 Å². The molecule has 1 aromatic carbocycles. The van der Waals surface area contributed by atoms with Crippen LogP contribution in [0.5, 0.6) is 0 Å². The van der Waals surface area contributed by atoms with Crippen molar-refractivity contribution in [1.29, 1.82) is 0 Å². The predicted molar refractivity (Wildman–Crippen MR) is 56.5 cm³/mol. The average Bonchev–Trinajstić information content (AvgIpc) is 2.42. The summed E-state index contributed by atoms with van der Waals surface area (Å²) < 4.78 is 6.01. The largest absolute Gasteiger partial charge is 0.439 e. The van der Waals surface area contributed by atoms with E-state index in [0.29, 0.717) is 27.0 Å². The Morgan fingerprint density at radius 1 is 1.38 bits per heavy atom. The van der Waals surface area contributed by atoms with Crippen molar-refractivity contribution in [2.45, 2.75) is 6.92 Å². The molecule has 0 unspecified atom stereocenters. The molecule has 0 spiro atoms. The monoisotopic (exact) mass is 279 g/mol. The van der Waals surface area contributed by atoms with Gasteiger partial charge in [-0.1, -0.05) is 23.2 Å². The second-order valence-corrected chi connectivity index (χ2v) is 4.18. The molecule has 2 aromatic rings. The number of rotatable bonds is 0. The fourth-order valence-corrected chi connectivity index (χ4v) is 1.99. The maximum Gasteiger partial charge on any atom is 0.192 e. The summed E-state index contributed by atoms with van der Waals surface area (Å²) >= 11 is 15.1. The van der Waals surface area contributed by atoms with Gasteiger partial charge in [-0.05, 0) is 22.0 Å². The molecule has 0 atom stereocenters. The van der Waals surface area contributed by atoms with Crippen molar-refractivity contribution in [3.05, 3.63) is 26.5 Å². The number of aryl methyl sites for hydroxylation is 1. The van der Waals surface area contributed by atoms with E-state index in [1.165, 1.54) is 0 Å². The van der Waals surface area contributed by atoms with Crippen molar-refractivity contribution in [2.24, 2.45) is 0 Å². The van der Waals surface area contributed by atoms with E-state index in [9.17, 15) is 0 Å². The lowest BCUT2D eigenvalue weighted by Crippen LogP contribution is -1.74. The molecule has 1 heterocycles. The maximum atomic E-state index is 5.95. The number of hydrogen-bond donors (Lipinski definition) is 0. The summed E-state index contributed by atoms with van der Waals surface area (Å²) in [5.41, 5.74) is 1.24. The molecule has 0 saturated carbocycles. The van der Waals surface area contributed by atoms with Crippen LogP contribution in [0, 0.1) is 6.92 Å². The van der Waals surface area contributed by atoms with Crippen molar-refractivity contribution in [2.75, 3.05) is 0 Å². The molecule has 1 aromatic heterocycles. The summed E-state index contributed by atoms with van der Waals surface area (Å²) in [7, 11) is 0. The molecule has 0 radical (unpaired) electrons. The molecule has 0 aliphatic heterocycles. The van der Waals surface area contributed by atoms with Crippen LogP contribution in [0.25, 0.3) is 11.1 Å². The van der Waals surface area contributed by atoms with Gasteiger partial charge in [-0.3, -0.25) is 0 Å². The Bertz CT molecular complexity index is 480. The average molecular weight is 281 g/mol. The van der Waals surface area contributed by atoms with Gasteiger partial charge >= 0.3 is 0 Å². The molecular weight excluding hydrogens is 277 g/mol. The van der Waals surface area contributed by atoms with Crippen LogP contribution in [0.2, 0.25) is 10.0 Å². The van der Waals surface area contributed by atoms with E-state index in [1.807, 2.05) is 0 Å². The van der Waals surface area contributed by atoms with E-state index in [1.54, 1.807) is 13.0 Å². The van der Waals surface area contributed by atoms with Crippen LogP contribution in [0.1, 0.15) is 5.89 Å². The van der Waals surface area contributed by atoms with Gasteiger partial charge in [0.15, 0.2) is 11.5 Å². The first-order valence-electron chi connectivity index (χ1n) is 3.50. The molecule has 68 valence electrons. The summed E-state index contributed by atoms with van der Waals surface area (Å²) in [5.74, 6) is 0.575. The van der Waals surface area contributed by atoms with Gasteiger partial charge in [-0.15, -0.1) is 0 Å². The Hall–Kier alpha value is -0.250. The lowest BCUT2D eigenvalue weighted by Gasteiger charge is -1.97. The second-order valence-electron chi connectivity index (χ2n) is 2.57. The summed E-state index contributed by atoms with van der Waals surface area (Å²) in [4.78, 5) is 4.14. The minimum absolute atomic E-state index is 0.395. The molecule has 0 amide bonds. The lowest BCUT2D eigenvalue weighted by atomic mass is 10.3. The molecule has 0 aliphatic carbocycles. The van der Waals surface area contributed by atoms with Gasteiger partial charge < -0.3 is 4.42 Å². The van der Waals surface area contributed by atoms with Crippen LogP contribution in [0.4, 0.5) is 0 Å². The Labute approximate surface area is 93.0 Å². The van der Waals surface area contributed by atoms with E-state index in [0.717, 1.165) is 4.47 Å². The summed E-state index contributed by atoms with van der Waals surface area (Å²) in [6.45, 7) is 1.76. The Kier molecular flexibility index (Phi) is 2.26. The van der Waals surface area contributed by atoms with Gasteiger partial charge in [0, 0.05) is 11.4 Å². The van der Waals surface area contributed by atoms with Crippen molar-refractivity contribution >= 4 is 50.2 Å². The van der Waals surface area contributed by atoms with Gasteiger partial charge in [0.25, 0.3) is 0 Å². The highest BCUT2D eigenvalue weighted by Gasteiger charge is 2.13. The van der Waals surface area contributed by atoms with E-state index in [-0.39, 0.29) is 0 Å². The number of aromatic nitrogens is 1. The zero-order valence-corrected chi connectivity index (χ0v) is 9.66. The number of hydrogen-bond acceptors (Lipinski definition) is 2. The fourth-order valence-electron chi connectivity index (χ4n) is 1.09. The topological polar surface area (TPSA) is 26.0 Å². The molecule has 2 nitrogen and oxygen atoms in total. The molecule has 2 rings (SSSR count). The van der Waals surface area contributed by atoms with Crippen LogP contribution in [-0.2, 0) is 0 Å². The predicted octanol–water partition coefficient (Wildman–Crippen LogP) is 4.21. The summed E-state index contributed by atoms with van der Waals surface area (Å²) in [6, 6.07) is 1.78. The van der Waals surface area contributed by atoms with Gasteiger partial charge in [-0.25, -0.2) is 4.98 Å². The van der Waals surface area contributed by atoms with Gasteiger partial charge in [0.05, 0.1) is 5.02 Å². The number of oxazole rings is 1. The molecule has 0 fully saturated rings. The molecule has 13 heavy (non-hydrogen) atoms. The Morgan fingerprint density at radius 3 is 2.77 bits per heavy atom. The number of halogens is 3. The molecule has 0 bridgehead atoms. The smallest absolute Gasteiger partial charge is 0.192 e. The van der Waals surface area contributed by atoms with Crippen molar-refractivity contribution in [3.63, 3.8) is 0 Å². The minimum atomic E-state index is 0.395. The lowest BCUT2D eigenvalue weighted by molar-refractivity contribution is 0.561. The zero-order valence-electron chi connectivity index (χ0n) is 6.57. The standard InChI is InChI=1S/C8H4BrCl2NO/c1-3-12-5-2-4(9)6(10)7(11)8(5)13-3/h2H,1H3. The number of benzene rings is 1. The normalized spacial score (nSPS) is 11.1. The Morgan fingerprint density at radius 2 is 2.08 bits per heavy atom. The van der Waals surface area contributed by atoms with Crippen LogP contribution < -0.4 is 0 Å². The van der Waals surface area contributed by atoms with Crippen molar-refractivity contribution in [3.8, 4) is 0 Å². The third kappa shape index (κ3) is 1.45. The number of nitrogens with zero attached hydrogens (tertiary/aromatic N) is 1. The van der Waals surface area contributed by atoms with Crippen molar-refractivity contribution < 1.29 is 4.42 Å². The Balaban J connectivity index is 2.92. The van der Waals surface area contributed by atoms with Gasteiger partial charge in [-0.2, -0.15) is 0 Å². The van der Waals surface area contributed by atoms with Crippen LogP contribution in [0.3, 0.4) is 0 Å². The fraction of sp³-hybridized carbons (Fsp3) is 0.125. The van der Waals surface area contributed by atoms with E-state index in [4.69, 9.17) is 27.6 Å². The first-order valence-corrected chi connectivity index (χ1v) is 5.05. The second kappa shape index (κ2) is 3.15. The minimum Gasteiger partial charge on any atom is -0.439 e.